The highest BCUT2D eigenvalue weighted by molar-refractivity contribution is 7.12. The Kier molecular flexibility index (Phi) is 6.57. The van der Waals surface area contributed by atoms with Gasteiger partial charge in [0.1, 0.15) is 11.6 Å². The van der Waals surface area contributed by atoms with Gasteiger partial charge in [0.2, 0.25) is 0 Å². The van der Waals surface area contributed by atoms with E-state index < -0.39 is 17.5 Å². The normalized spacial score (nSPS) is 11.1. The van der Waals surface area contributed by atoms with E-state index in [4.69, 9.17) is 4.74 Å². The lowest BCUT2D eigenvalue weighted by Gasteiger charge is -2.10. The van der Waals surface area contributed by atoms with E-state index in [-0.39, 0.29) is 24.3 Å². The van der Waals surface area contributed by atoms with Crippen molar-refractivity contribution in [2.75, 3.05) is 7.11 Å². The van der Waals surface area contributed by atoms with E-state index >= 15 is 0 Å². The van der Waals surface area contributed by atoms with Gasteiger partial charge in [-0.05, 0) is 32.0 Å². The number of nitrogens with one attached hydrogen (secondary N) is 1. The Hall–Kier alpha value is -3.50. The van der Waals surface area contributed by atoms with Gasteiger partial charge in [-0.15, -0.1) is 11.3 Å². The topological polar surface area (TPSA) is 81.9 Å². The number of nitrogens with zero attached hydrogens (tertiary/aromatic N) is 4. The van der Waals surface area contributed by atoms with E-state index in [0.29, 0.717) is 11.6 Å². The number of hydrogen-bond donors (Lipinski definition) is 1. The molecule has 1 N–H and O–H groups in total. The highest BCUT2D eigenvalue weighted by Crippen LogP contribution is 2.29. The fourth-order valence-corrected chi connectivity index (χ4v) is 4.37. The molecule has 170 valence electrons. The van der Waals surface area contributed by atoms with Crippen LogP contribution in [-0.4, -0.2) is 32.8 Å². The number of aryl methyl sites for hydroxylation is 2. The second-order valence-corrected chi connectivity index (χ2v) is 8.80. The average Bonchev–Trinajstić information content (AvgIpc) is 3.36. The molecule has 0 bridgehead atoms. The van der Waals surface area contributed by atoms with Crippen LogP contribution in [0.3, 0.4) is 0 Å². The van der Waals surface area contributed by atoms with Crippen molar-refractivity contribution in [1.82, 2.24) is 25.1 Å². The highest BCUT2D eigenvalue weighted by atomic mass is 32.1. The molecule has 1 amide bonds. The summed E-state index contributed by atoms with van der Waals surface area (Å²) in [5, 5.41) is 6.94. The molecule has 0 saturated carbocycles. The van der Waals surface area contributed by atoms with Crippen molar-refractivity contribution >= 4 is 17.2 Å². The Morgan fingerprint density at radius 2 is 2.03 bits per heavy atom. The third kappa shape index (κ3) is 4.81. The predicted molar refractivity (Wildman–Crippen MR) is 120 cm³/mol. The predicted octanol–water partition coefficient (Wildman–Crippen LogP) is 4.36. The molecule has 3 aromatic heterocycles. The number of ether oxygens (including phenoxy) is 1. The van der Waals surface area contributed by atoms with Crippen molar-refractivity contribution in [2.24, 2.45) is 0 Å². The molecule has 0 aliphatic rings. The second kappa shape index (κ2) is 9.55. The van der Waals surface area contributed by atoms with Gasteiger partial charge >= 0.3 is 0 Å². The first-order valence-corrected chi connectivity index (χ1v) is 10.9. The standard InChI is InChI=1S/C23H21F2N5O2S/c1-13-8-17(14(2)33-13)20-6-7-26-23(29-20)30-21(12-32-3)18(11-28-30)22(31)27-10-15-4-5-16(24)9-19(15)25/h4-9,11H,10,12H2,1-3H3,(H,27,31). The van der Waals surface area contributed by atoms with Gasteiger partial charge in [-0.2, -0.15) is 9.78 Å². The first-order valence-electron chi connectivity index (χ1n) is 10.1. The molecule has 0 atom stereocenters. The Bertz CT molecular complexity index is 1320. The van der Waals surface area contributed by atoms with Crippen LogP contribution in [-0.2, 0) is 17.9 Å². The van der Waals surface area contributed by atoms with E-state index in [1.807, 2.05) is 19.9 Å². The van der Waals surface area contributed by atoms with Crippen molar-refractivity contribution in [2.45, 2.75) is 27.0 Å². The zero-order chi connectivity index (χ0) is 23.5. The van der Waals surface area contributed by atoms with E-state index in [1.165, 1.54) is 28.9 Å². The number of rotatable bonds is 7. The van der Waals surface area contributed by atoms with Crippen LogP contribution in [0.15, 0.2) is 42.7 Å². The van der Waals surface area contributed by atoms with Crippen molar-refractivity contribution in [3.8, 4) is 17.2 Å². The summed E-state index contributed by atoms with van der Waals surface area (Å²) < 4.78 is 33.7. The SMILES string of the molecule is COCc1c(C(=O)NCc2ccc(F)cc2F)cnn1-c1nccc(-c2cc(C)sc2C)n1. The van der Waals surface area contributed by atoms with E-state index in [1.54, 1.807) is 17.5 Å². The van der Waals surface area contributed by atoms with Crippen LogP contribution in [0.2, 0.25) is 0 Å². The Morgan fingerprint density at radius 3 is 2.73 bits per heavy atom. The molecule has 0 spiro atoms. The third-order valence-electron chi connectivity index (χ3n) is 5.00. The number of thiophene rings is 1. The van der Waals surface area contributed by atoms with Gasteiger partial charge in [0.15, 0.2) is 0 Å². The molecular formula is C23H21F2N5O2S. The number of carbonyl (C=O) groups is 1. The molecule has 4 aromatic rings. The first-order chi connectivity index (χ1) is 15.9. The quantitative estimate of drug-likeness (QED) is 0.435. The number of methoxy groups -OCH3 is 1. The molecule has 0 radical (unpaired) electrons. The molecule has 3 heterocycles. The zero-order valence-corrected chi connectivity index (χ0v) is 19.0. The molecule has 4 rings (SSSR count). The summed E-state index contributed by atoms with van der Waals surface area (Å²) in [6.07, 6.45) is 3.03. The molecule has 0 fully saturated rings. The van der Waals surface area contributed by atoms with Crippen molar-refractivity contribution < 1.29 is 18.3 Å². The molecule has 7 nitrogen and oxygen atoms in total. The molecule has 0 aliphatic heterocycles. The maximum Gasteiger partial charge on any atom is 0.255 e. The van der Waals surface area contributed by atoms with Crippen LogP contribution in [0.25, 0.3) is 17.2 Å². The average molecular weight is 470 g/mol. The van der Waals surface area contributed by atoms with Crippen LogP contribution in [0.4, 0.5) is 8.78 Å². The zero-order valence-electron chi connectivity index (χ0n) is 18.2. The Morgan fingerprint density at radius 1 is 1.21 bits per heavy atom. The van der Waals surface area contributed by atoms with Crippen LogP contribution in [0.1, 0.15) is 31.4 Å². The van der Waals surface area contributed by atoms with Crippen molar-refractivity contribution in [3.63, 3.8) is 0 Å². The summed E-state index contributed by atoms with van der Waals surface area (Å²) in [4.78, 5) is 24.1. The minimum absolute atomic E-state index is 0.0812. The molecular weight excluding hydrogens is 448 g/mol. The lowest BCUT2D eigenvalue weighted by atomic mass is 10.2. The van der Waals surface area contributed by atoms with E-state index in [0.717, 1.165) is 28.3 Å². The highest BCUT2D eigenvalue weighted by Gasteiger charge is 2.20. The Balaban J connectivity index is 1.62. The number of hydrogen-bond acceptors (Lipinski definition) is 6. The third-order valence-corrected chi connectivity index (χ3v) is 5.96. The number of aromatic nitrogens is 4. The molecule has 1 aromatic carbocycles. The largest absolute Gasteiger partial charge is 0.378 e. The summed E-state index contributed by atoms with van der Waals surface area (Å²) in [5.74, 6) is -1.59. The van der Waals surface area contributed by atoms with E-state index in [2.05, 4.69) is 26.4 Å². The van der Waals surface area contributed by atoms with Gasteiger partial charge in [-0.3, -0.25) is 4.79 Å². The number of benzene rings is 1. The van der Waals surface area contributed by atoms with Crippen LogP contribution >= 0.6 is 11.3 Å². The fraction of sp³-hybridized carbons (Fsp3) is 0.217. The molecule has 10 heteroatoms. The van der Waals surface area contributed by atoms with Gasteiger partial charge in [-0.1, -0.05) is 6.07 Å². The summed E-state index contributed by atoms with van der Waals surface area (Å²) in [6, 6.07) is 7.09. The van der Waals surface area contributed by atoms with Gasteiger partial charge in [0.25, 0.3) is 11.9 Å². The van der Waals surface area contributed by atoms with E-state index in [9.17, 15) is 13.6 Å². The monoisotopic (exact) mass is 469 g/mol. The first kappa shape index (κ1) is 22.7. The lowest BCUT2D eigenvalue weighted by Crippen LogP contribution is -2.24. The van der Waals surface area contributed by atoms with Gasteiger partial charge in [-0.25, -0.2) is 18.7 Å². The minimum atomic E-state index is -0.729. The minimum Gasteiger partial charge on any atom is -0.378 e. The maximum absolute atomic E-state index is 13.9. The van der Waals surface area contributed by atoms with Crippen LogP contribution < -0.4 is 5.32 Å². The van der Waals surface area contributed by atoms with Crippen molar-refractivity contribution in [1.29, 1.82) is 0 Å². The summed E-state index contributed by atoms with van der Waals surface area (Å²) in [7, 11) is 1.50. The molecule has 0 aliphatic carbocycles. The van der Waals surface area contributed by atoms with Crippen LogP contribution in [0.5, 0.6) is 0 Å². The second-order valence-electron chi connectivity index (χ2n) is 7.34. The molecule has 0 saturated heterocycles. The maximum atomic E-state index is 13.9. The van der Waals surface area contributed by atoms with Gasteiger partial charge < -0.3 is 10.1 Å². The van der Waals surface area contributed by atoms with Crippen molar-refractivity contribution in [3.05, 3.63) is 80.9 Å². The fourth-order valence-electron chi connectivity index (χ4n) is 3.43. The Labute approximate surface area is 193 Å². The summed E-state index contributed by atoms with van der Waals surface area (Å²) in [5.41, 5.74) is 2.63. The number of amides is 1. The molecule has 0 unspecified atom stereocenters. The summed E-state index contributed by atoms with van der Waals surface area (Å²) in [6.45, 7) is 4.05. The molecule has 33 heavy (non-hydrogen) atoms. The number of halogens is 2. The lowest BCUT2D eigenvalue weighted by molar-refractivity contribution is 0.0945. The van der Waals surface area contributed by atoms with Gasteiger partial charge in [0.05, 0.1) is 29.8 Å². The summed E-state index contributed by atoms with van der Waals surface area (Å²) >= 11 is 1.69. The number of carbonyl (C=O) groups excluding carboxylic acids is 1. The van der Waals surface area contributed by atoms with Gasteiger partial charge in [0, 0.05) is 46.8 Å². The smallest absolute Gasteiger partial charge is 0.255 e. The van der Waals surface area contributed by atoms with Crippen LogP contribution in [0, 0.1) is 25.5 Å².